The molecule has 0 saturated heterocycles. The van der Waals surface area contributed by atoms with E-state index >= 15 is 0 Å². The molecule has 0 unspecified atom stereocenters. The van der Waals surface area contributed by atoms with E-state index in [1.54, 1.807) is 0 Å². The Balaban J connectivity index is 1.34. The number of hydrogen-bond donors (Lipinski definition) is 0. The van der Waals surface area contributed by atoms with Crippen molar-refractivity contribution >= 4 is 99.4 Å². The Morgan fingerprint density at radius 1 is 0.435 bits per heavy atom. The molecule has 0 saturated carbocycles. The summed E-state index contributed by atoms with van der Waals surface area (Å²) in [5, 5.41) is 7.40. The molecule has 3 heterocycles. The third kappa shape index (κ3) is 5.56. The highest BCUT2D eigenvalue weighted by molar-refractivity contribution is 9.10. The molecule has 1 aromatic heterocycles. The van der Waals surface area contributed by atoms with Crippen molar-refractivity contribution in [2.45, 2.75) is 26.2 Å². The highest BCUT2D eigenvalue weighted by Gasteiger charge is 2.43. The van der Waals surface area contributed by atoms with E-state index in [9.17, 15) is 0 Å². The van der Waals surface area contributed by atoms with Gasteiger partial charge in [0.15, 0.2) is 0 Å². The van der Waals surface area contributed by atoms with Gasteiger partial charge in [-0.1, -0.05) is 207 Å². The van der Waals surface area contributed by atoms with Gasteiger partial charge < -0.3 is 9.47 Å². The molecule has 2 nitrogen and oxygen atoms in total. The third-order valence-electron chi connectivity index (χ3n) is 13.2. The average molecular weight is 858 g/mol. The van der Waals surface area contributed by atoms with Crippen molar-refractivity contribution in [3.63, 3.8) is 0 Å². The van der Waals surface area contributed by atoms with Crippen molar-refractivity contribution in [1.29, 1.82) is 0 Å². The van der Waals surface area contributed by atoms with Gasteiger partial charge in [-0.25, -0.2) is 0 Å². The second-order valence-electron chi connectivity index (χ2n) is 17.8. The Bertz CT molecular complexity index is 3470. The first kappa shape index (κ1) is 36.9. The van der Waals surface area contributed by atoms with Crippen LogP contribution in [-0.4, -0.2) is 11.3 Å². The van der Waals surface area contributed by atoms with E-state index in [1.165, 1.54) is 110 Å². The molecule has 9 aromatic carbocycles. The summed E-state index contributed by atoms with van der Waals surface area (Å²) >= 11 is 3.99. The first-order chi connectivity index (χ1) is 30.3. The fourth-order valence-corrected chi connectivity index (χ4v) is 10.8. The molecule has 0 amide bonds. The zero-order valence-corrected chi connectivity index (χ0v) is 36.5. The molecular weight excluding hydrogens is 815 g/mol. The number of hydrogen-bond acceptors (Lipinski definition) is 1. The van der Waals surface area contributed by atoms with E-state index < -0.39 is 0 Å². The van der Waals surface area contributed by atoms with Crippen molar-refractivity contribution in [2.75, 3.05) is 4.90 Å². The number of para-hydroxylation sites is 3. The number of fused-ring (bicyclic) bond motifs is 11. The van der Waals surface area contributed by atoms with Crippen LogP contribution in [0.5, 0.6) is 0 Å². The molecule has 294 valence electrons. The van der Waals surface area contributed by atoms with Gasteiger partial charge in [-0.05, 0) is 90.4 Å². The quantitative estimate of drug-likeness (QED) is 0.161. The fraction of sp³-hybridized carbons (Fsp3) is 0.0690. The van der Waals surface area contributed by atoms with Gasteiger partial charge in [0.25, 0.3) is 6.71 Å². The Hall–Kier alpha value is -6.88. The molecule has 0 fully saturated rings. The van der Waals surface area contributed by atoms with Gasteiger partial charge in [-0.3, -0.25) is 0 Å². The first-order valence-electron chi connectivity index (χ1n) is 21.6. The Kier molecular flexibility index (Phi) is 8.39. The Labute approximate surface area is 371 Å². The van der Waals surface area contributed by atoms with Gasteiger partial charge in [-0.15, -0.1) is 0 Å². The number of nitrogens with zero attached hydrogens (tertiary/aromatic N) is 2. The van der Waals surface area contributed by atoms with Crippen molar-refractivity contribution in [3.8, 4) is 27.9 Å². The van der Waals surface area contributed by atoms with Crippen LogP contribution in [0.3, 0.4) is 0 Å². The summed E-state index contributed by atoms with van der Waals surface area (Å²) in [6.07, 6.45) is 0. The lowest BCUT2D eigenvalue weighted by Gasteiger charge is -2.43. The normalized spacial score (nSPS) is 12.8. The van der Waals surface area contributed by atoms with Crippen LogP contribution in [0.15, 0.2) is 205 Å². The maximum atomic E-state index is 3.99. The zero-order chi connectivity index (χ0) is 41.7. The molecule has 4 heteroatoms. The lowest BCUT2D eigenvalue weighted by Crippen LogP contribution is -2.60. The van der Waals surface area contributed by atoms with Crippen molar-refractivity contribution in [1.82, 2.24) is 4.57 Å². The molecule has 0 radical (unpaired) electrons. The van der Waals surface area contributed by atoms with Gasteiger partial charge in [0, 0.05) is 49.0 Å². The van der Waals surface area contributed by atoms with Crippen LogP contribution in [-0.2, 0) is 5.41 Å². The van der Waals surface area contributed by atoms with Crippen LogP contribution in [0.2, 0.25) is 0 Å². The summed E-state index contributed by atoms with van der Waals surface area (Å²) in [7, 11) is 0. The largest absolute Gasteiger partial charge is 0.310 e. The predicted octanol–water partition coefficient (Wildman–Crippen LogP) is 14.2. The van der Waals surface area contributed by atoms with Crippen molar-refractivity contribution in [2.24, 2.45) is 0 Å². The van der Waals surface area contributed by atoms with Crippen LogP contribution in [0.1, 0.15) is 26.3 Å². The molecular formula is C58H42BBrN2. The monoisotopic (exact) mass is 856 g/mol. The number of rotatable bonds is 3. The smallest absolute Gasteiger partial charge is 0.252 e. The molecule has 2 aliphatic rings. The van der Waals surface area contributed by atoms with Gasteiger partial charge in [-0.2, -0.15) is 0 Å². The Morgan fingerprint density at radius 2 is 0.952 bits per heavy atom. The maximum absolute atomic E-state index is 3.99. The summed E-state index contributed by atoms with van der Waals surface area (Å²) in [5.41, 5.74) is 17.0. The summed E-state index contributed by atoms with van der Waals surface area (Å²) < 4.78 is 3.68. The van der Waals surface area contributed by atoms with Crippen molar-refractivity contribution < 1.29 is 0 Å². The molecule has 0 aliphatic carbocycles. The minimum atomic E-state index is -0.163. The third-order valence-corrected chi connectivity index (χ3v) is 13.7. The number of aromatic nitrogens is 1. The van der Waals surface area contributed by atoms with Crippen LogP contribution < -0.4 is 21.3 Å². The number of anilines is 3. The highest BCUT2D eigenvalue weighted by atomic mass is 79.9. The molecule has 10 aromatic rings. The Morgan fingerprint density at radius 3 is 1.58 bits per heavy atom. The van der Waals surface area contributed by atoms with E-state index in [0.29, 0.717) is 0 Å². The molecule has 62 heavy (non-hydrogen) atoms. The van der Waals surface area contributed by atoms with Crippen molar-refractivity contribution in [3.05, 3.63) is 210 Å². The predicted molar refractivity (Wildman–Crippen MR) is 270 cm³/mol. The maximum Gasteiger partial charge on any atom is 0.252 e. The molecule has 2 aliphatic heterocycles. The second-order valence-corrected chi connectivity index (χ2v) is 18.7. The number of halogens is 1. The summed E-state index contributed by atoms with van der Waals surface area (Å²) in [4.78, 5) is 2.61. The van der Waals surface area contributed by atoms with Crippen LogP contribution in [0, 0.1) is 0 Å². The fourth-order valence-electron chi connectivity index (χ4n) is 10.4. The van der Waals surface area contributed by atoms with Crippen LogP contribution in [0.25, 0.3) is 71.3 Å². The topological polar surface area (TPSA) is 8.17 Å². The van der Waals surface area contributed by atoms with E-state index in [1.807, 2.05) is 0 Å². The molecule has 0 N–H and O–H groups in total. The molecule has 0 atom stereocenters. The SMILES string of the molecule is CC(C)(C)c1cc2c3c(c1)-n1c4ccccc4c4ccccc4c4ccccc4c4cccc(c41)B3c1ccc(Br)cc1N2c1c(-c2ccccc2)cccc1-c1ccccc1. The standard InChI is InChI=1S/C58H42BBrN2/c1-58(2,3)39-34-53-55-54(35-39)62(56-41(37-18-6-4-7-19-37)27-16-28-42(56)38-20-8-5-9-21-38)52-36-40(60)32-33-49(52)59(55)50-30-17-29-48-46-25-13-11-23-44(46)43-22-10-12-24-45(43)47-26-14-15-31-51(47)61(53)57(48)50/h4-36H,1-3H3. The number of benzene rings is 9. The minimum Gasteiger partial charge on any atom is -0.310 e. The lowest BCUT2D eigenvalue weighted by molar-refractivity contribution is 0.590. The van der Waals surface area contributed by atoms with E-state index in [-0.39, 0.29) is 12.1 Å². The summed E-state index contributed by atoms with van der Waals surface area (Å²) in [6.45, 7) is 7.02. The molecule has 12 rings (SSSR count). The summed E-state index contributed by atoms with van der Waals surface area (Å²) in [6, 6.07) is 74.7. The van der Waals surface area contributed by atoms with E-state index in [2.05, 4.69) is 246 Å². The minimum absolute atomic E-state index is 0.0360. The molecule has 0 spiro atoms. The van der Waals surface area contributed by atoms with E-state index in [0.717, 1.165) is 4.47 Å². The van der Waals surface area contributed by atoms with Crippen LogP contribution in [0.4, 0.5) is 17.1 Å². The lowest BCUT2D eigenvalue weighted by atomic mass is 9.33. The van der Waals surface area contributed by atoms with E-state index in [4.69, 9.17) is 0 Å². The van der Waals surface area contributed by atoms with Crippen LogP contribution >= 0.6 is 15.9 Å². The van der Waals surface area contributed by atoms with Gasteiger partial charge in [0.1, 0.15) is 0 Å². The van der Waals surface area contributed by atoms with Gasteiger partial charge >= 0.3 is 0 Å². The average Bonchev–Trinajstić information content (AvgIpc) is 3.35. The zero-order valence-electron chi connectivity index (χ0n) is 34.9. The van der Waals surface area contributed by atoms with Gasteiger partial charge in [0.05, 0.1) is 11.2 Å². The molecule has 0 bridgehead atoms. The highest BCUT2D eigenvalue weighted by Crippen LogP contribution is 2.49. The first-order valence-corrected chi connectivity index (χ1v) is 22.4. The summed E-state index contributed by atoms with van der Waals surface area (Å²) in [5.74, 6) is 0. The second kappa shape index (κ2) is 14.1. The van der Waals surface area contributed by atoms with Gasteiger partial charge in [0.2, 0.25) is 0 Å².